The van der Waals surface area contributed by atoms with Gasteiger partial charge in [-0.25, -0.2) is 4.68 Å². The first-order chi connectivity index (χ1) is 17.3. The maximum Gasteiger partial charge on any atom is 0.328 e. The van der Waals surface area contributed by atoms with Crippen molar-refractivity contribution in [3.8, 4) is 5.75 Å². The maximum absolute atomic E-state index is 13.2. The van der Waals surface area contributed by atoms with Crippen LogP contribution in [0, 0.1) is 0 Å². The number of hydrogen-bond donors (Lipinski definition) is 3. The SMILES string of the molecule is CCOc1ccc(NC(=O)c2cc3cc(Br)ccc3n2NC(=O)C(=O)Nc2cccc(Cl)c2Cl)cc1. The number of hydrogen-bond acceptors (Lipinski definition) is 4. The van der Waals surface area contributed by atoms with Crippen molar-refractivity contribution in [1.29, 1.82) is 0 Å². The number of aromatic nitrogens is 1. The molecular weight excluding hydrogens is 571 g/mol. The third-order valence-electron chi connectivity index (χ3n) is 5.04. The summed E-state index contributed by atoms with van der Waals surface area (Å²) in [5.41, 5.74) is 3.82. The third-order valence-corrected chi connectivity index (χ3v) is 6.35. The number of nitrogens with zero attached hydrogens (tertiary/aromatic N) is 1. The second-order valence-electron chi connectivity index (χ2n) is 7.48. The minimum absolute atomic E-state index is 0.104. The van der Waals surface area contributed by atoms with Crippen LogP contribution in [0.2, 0.25) is 10.0 Å². The van der Waals surface area contributed by atoms with E-state index in [4.69, 9.17) is 27.9 Å². The molecule has 3 N–H and O–H groups in total. The molecule has 1 aromatic heterocycles. The summed E-state index contributed by atoms with van der Waals surface area (Å²) in [5.74, 6) is -1.82. The molecule has 0 bridgehead atoms. The van der Waals surface area contributed by atoms with Gasteiger partial charge in [0.05, 0.1) is 27.9 Å². The Bertz CT molecular complexity index is 1470. The molecule has 4 aromatic rings. The summed E-state index contributed by atoms with van der Waals surface area (Å²) in [6, 6.07) is 18.4. The van der Waals surface area contributed by atoms with Crippen LogP contribution in [-0.2, 0) is 9.59 Å². The summed E-state index contributed by atoms with van der Waals surface area (Å²) < 4.78 is 7.46. The standard InChI is InChI=1S/C25H19BrCl2N4O4/c1-2-36-17-9-7-16(8-10-17)29-23(33)21-13-14-12-15(26)6-11-20(14)32(21)31-25(35)24(34)30-19-5-3-4-18(27)22(19)28/h3-13H,2H2,1H3,(H,29,33)(H,30,34)(H,31,35). The number of ether oxygens (including phenoxy) is 1. The zero-order valence-corrected chi connectivity index (χ0v) is 21.9. The van der Waals surface area contributed by atoms with E-state index in [0.717, 1.165) is 4.47 Å². The van der Waals surface area contributed by atoms with E-state index in [9.17, 15) is 14.4 Å². The molecule has 3 aromatic carbocycles. The maximum atomic E-state index is 13.2. The van der Waals surface area contributed by atoms with Crippen molar-refractivity contribution in [3.63, 3.8) is 0 Å². The zero-order chi connectivity index (χ0) is 25.8. The van der Waals surface area contributed by atoms with Gasteiger partial charge in [-0.15, -0.1) is 0 Å². The Balaban J connectivity index is 1.60. The highest BCUT2D eigenvalue weighted by Crippen LogP contribution is 2.29. The molecule has 0 radical (unpaired) electrons. The van der Waals surface area contributed by atoms with Crippen LogP contribution in [-0.4, -0.2) is 29.0 Å². The number of halogens is 3. The fraction of sp³-hybridized carbons (Fsp3) is 0.0800. The van der Waals surface area contributed by atoms with Gasteiger partial charge >= 0.3 is 11.8 Å². The molecule has 0 fully saturated rings. The lowest BCUT2D eigenvalue weighted by molar-refractivity contribution is -0.133. The number of rotatable bonds is 6. The summed E-state index contributed by atoms with van der Waals surface area (Å²) >= 11 is 15.5. The van der Waals surface area contributed by atoms with E-state index >= 15 is 0 Å². The normalized spacial score (nSPS) is 10.7. The van der Waals surface area contributed by atoms with Gasteiger partial charge < -0.3 is 15.4 Å². The first-order valence-corrected chi connectivity index (χ1v) is 12.2. The van der Waals surface area contributed by atoms with Crippen molar-refractivity contribution in [2.45, 2.75) is 6.92 Å². The van der Waals surface area contributed by atoms with Gasteiger partial charge in [0.15, 0.2) is 0 Å². The number of carbonyl (C=O) groups excluding carboxylic acids is 3. The molecule has 3 amide bonds. The van der Waals surface area contributed by atoms with E-state index in [0.29, 0.717) is 28.9 Å². The third kappa shape index (κ3) is 5.64. The number of benzene rings is 3. The molecule has 1 heterocycles. The Morgan fingerprint density at radius 1 is 0.944 bits per heavy atom. The lowest BCUT2D eigenvalue weighted by Crippen LogP contribution is -2.36. The lowest BCUT2D eigenvalue weighted by atomic mass is 10.2. The number of carbonyl (C=O) groups is 3. The van der Waals surface area contributed by atoms with Crippen LogP contribution in [0.1, 0.15) is 17.4 Å². The summed E-state index contributed by atoms with van der Waals surface area (Å²) in [6.45, 7) is 2.41. The van der Waals surface area contributed by atoms with Crippen molar-refractivity contribution in [1.82, 2.24) is 4.68 Å². The first-order valence-electron chi connectivity index (χ1n) is 10.7. The number of anilines is 2. The molecule has 11 heteroatoms. The topological polar surface area (TPSA) is 101 Å². The largest absolute Gasteiger partial charge is 0.494 e. The molecule has 0 saturated heterocycles. The van der Waals surface area contributed by atoms with Crippen molar-refractivity contribution in [2.75, 3.05) is 22.7 Å². The van der Waals surface area contributed by atoms with Crippen molar-refractivity contribution >= 4 is 79.1 Å². The van der Waals surface area contributed by atoms with Crippen molar-refractivity contribution < 1.29 is 19.1 Å². The van der Waals surface area contributed by atoms with Gasteiger partial charge in [-0.1, -0.05) is 45.2 Å². The van der Waals surface area contributed by atoms with Gasteiger partial charge in [0.1, 0.15) is 11.4 Å². The lowest BCUT2D eigenvalue weighted by Gasteiger charge is -2.13. The van der Waals surface area contributed by atoms with E-state index in [1.165, 1.54) is 10.7 Å². The summed E-state index contributed by atoms with van der Waals surface area (Å²) in [4.78, 5) is 38.5. The molecule has 8 nitrogen and oxygen atoms in total. The van der Waals surface area contributed by atoms with E-state index in [2.05, 4.69) is 32.0 Å². The number of amides is 3. The molecule has 0 aliphatic rings. The Labute approximate surface area is 224 Å². The summed E-state index contributed by atoms with van der Waals surface area (Å²) in [5, 5.41) is 6.21. The summed E-state index contributed by atoms with van der Waals surface area (Å²) in [6.07, 6.45) is 0. The van der Waals surface area contributed by atoms with Crippen LogP contribution in [0.4, 0.5) is 11.4 Å². The average Bonchev–Trinajstić information content (AvgIpc) is 3.20. The van der Waals surface area contributed by atoms with Crippen LogP contribution in [0.25, 0.3) is 10.9 Å². The Morgan fingerprint density at radius 2 is 1.69 bits per heavy atom. The monoisotopic (exact) mass is 588 g/mol. The number of fused-ring (bicyclic) bond motifs is 1. The number of nitrogens with one attached hydrogen (secondary N) is 3. The summed E-state index contributed by atoms with van der Waals surface area (Å²) in [7, 11) is 0. The minimum Gasteiger partial charge on any atom is -0.494 e. The smallest absolute Gasteiger partial charge is 0.328 e. The fourth-order valence-corrected chi connectivity index (χ4v) is 4.13. The predicted molar refractivity (Wildman–Crippen MR) is 145 cm³/mol. The van der Waals surface area contributed by atoms with Gasteiger partial charge in [0, 0.05) is 15.5 Å². The minimum atomic E-state index is -1.01. The van der Waals surface area contributed by atoms with Crippen LogP contribution in [0.15, 0.2) is 71.2 Å². The van der Waals surface area contributed by atoms with Gasteiger partial charge in [-0.2, -0.15) is 0 Å². The predicted octanol–water partition coefficient (Wildman–Crippen LogP) is 6.07. The molecule has 36 heavy (non-hydrogen) atoms. The van der Waals surface area contributed by atoms with Crippen LogP contribution in [0.3, 0.4) is 0 Å². The molecule has 0 aliphatic carbocycles. The zero-order valence-electron chi connectivity index (χ0n) is 18.8. The van der Waals surface area contributed by atoms with Gasteiger partial charge in [0.2, 0.25) is 0 Å². The molecule has 0 atom stereocenters. The van der Waals surface area contributed by atoms with E-state index in [1.807, 2.05) is 6.92 Å². The van der Waals surface area contributed by atoms with Crippen LogP contribution < -0.4 is 20.8 Å². The molecular formula is C25H19BrCl2N4O4. The highest BCUT2D eigenvalue weighted by atomic mass is 79.9. The second-order valence-corrected chi connectivity index (χ2v) is 9.18. The molecule has 0 unspecified atom stereocenters. The molecule has 4 rings (SSSR count). The molecule has 0 spiro atoms. The van der Waals surface area contributed by atoms with E-state index in [1.54, 1.807) is 60.7 Å². The van der Waals surface area contributed by atoms with Gasteiger partial charge in [-0.3, -0.25) is 19.8 Å². The first kappa shape index (κ1) is 25.6. The highest BCUT2D eigenvalue weighted by molar-refractivity contribution is 9.10. The fourth-order valence-electron chi connectivity index (χ4n) is 3.40. The van der Waals surface area contributed by atoms with Gasteiger partial charge in [-0.05, 0) is 67.6 Å². The molecule has 184 valence electrons. The highest BCUT2D eigenvalue weighted by Gasteiger charge is 2.22. The second kappa shape index (κ2) is 11.0. The Hall–Kier alpha value is -3.53. The Morgan fingerprint density at radius 3 is 2.42 bits per heavy atom. The molecule has 0 saturated carbocycles. The van der Waals surface area contributed by atoms with E-state index in [-0.39, 0.29) is 21.4 Å². The van der Waals surface area contributed by atoms with Crippen LogP contribution in [0.5, 0.6) is 5.75 Å². The van der Waals surface area contributed by atoms with Crippen molar-refractivity contribution in [3.05, 3.63) is 86.9 Å². The Kier molecular flexibility index (Phi) is 7.83. The molecule has 0 aliphatic heterocycles. The van der Waals surface area contributed by atoms with Gasteiger partial charge in [0.25, 0.3) is 5.91 Å². The van der Waals surface area contributed by atoms with E-state index < -0.39 is 17.7 Å². The quantitative estimate of drug-likeness (QED) is 0.238. The van der Waals surface area contributed by atoms with Crippen molar-refractivity contribution in [2.24, 2.45) is 0 Å². The van der Waals surface area contributed by atoms with Crippen LogP contribution >= 0.6 is 39.1 Å². The average molecular weight is 590 g/mol.